The van der Waals surface area contributed by atoms with Gasteiger partial charge in [-0.2, -0.15) is 0 Å². The lowest BCUT2D eigenvalue weighted by Crippen LogP contribution is -2.52. The number of hydrogen-bond donors (Lipinski definition) is 2. The van der Waals surface area contributed by atoms with Gasteiger partial charge in [-0.05, 0) is 32.7 Å². The summed E-state index contributed by atoms with van der Waals surface area (Å²) in [5.74, 6) is 0.593. The van der Waals surface area contributed by atoms with Crippen LogP contribution in [0.5, 0.6) is 0 Å². The predicted molar refractivity (Wildman–Crippen MR) is 72.9 cm³/mol. The van der Waals surface area contributed by atoms with E-state index < -0.39 is 0 Å². The Morgan fingerprint density at radius 3 is 2.89 bits per heavy atom. The summed E-state index contributed by atoms with van der Waals surface area (Å²) in [7, 11) is 0. The van der Waals surface area contributed by atoms with E-state index in [1.165, 1.54) is 19.3 Å². The van der Waals surface area contributed by atoms with Crippen molar-refractivity contribution in [3.8, 4) is 0 Å². The van der Waals surface area contributed by atoms with Crippen LogP contribution in [-0.2, 0) is 9.47 Å². The maximum absolute atomic E-state index is 5.61. The zero-order valence-corrected chi connectivity index (χ0v) is 11.8. The van der Waals surface area contributed by atoms with Gasteiger partial charge in [-0.3, -0.25) is 0 Å². The van der Waals surface area contributed by atoms with Crippen molar-refractivity contribution in [1.82, 2.24) is 10.6 Å². The van der Waals surface area contributed by atoms with Gasteiger partial charge in [0.15, 0.2) is 0 Å². The fraction of sp³-hybridized carbons (Fsp3) is 1.00. The molecule has 4 heteroatoms. The summed E-state index contributed by atoms with van der Waals surface area (Å²) < 4.78 is 11.2. The third-order valence-electron chi connectivity index (χ3n) is 4.08. The molecule has 18 heavy (non-hydrogen) atoms. The van der Waals surface area contributed by atoms with Crippen LogP contribution in [0.25, 0.3) is 0 Å². The molecule has 0 bridgehead atoms. The molecule has 0 aromatic heterocycles. The highest BCUT2D eigenvalue weighted by Crippen LogP contribution is 2.20. The van der Waals surface area contributed by atoms with E-state index in [2.05, 4.69) is 24.5 Å². The van der Waals surface area contributed by atoms with Gasteiger partial charge < -0.3 is 20.1 Å². The minimum Gasteiger partial charge on any atom is -0.380 e. The van der Waals surface area contributed by atoms with Crippen molar-refractivity contribution in [2.45, 2.75) is 44.7 Å². The molecule has 0 aromatic rings. The third kappa shape index (κ3) is 3.92. The quantitative estimate of drug-likeness (QED) is 0.748. The van der Waals surface area contributed by atoms with E-state index in [0.29, 0.717) is 12.0 Å². The molecule has 2 aliphatic rings. The van der Waals surface area contributed by atoms with Gasteiger partial charge in [0.25, 0.3) is 0 Å². The first-order chi connectivity index (χ1) is 8.73. The molecule has 2 heterocycles. The molecule has 0 aromatic carbocycles. The summed E-state index contributed by atoms with van der Waals surface area (Å²) in [6.45, 7) is 10.1. The van der Waals surface area contributed by atoms with Crippen molar-refractivity contribution in [2.75, 3.05) is 39.5 Å². The van der Waals surface area contributed by atoms with E-state index >= 15 is 0 Å². The number of nitrogens with one attached hydrogen (secondary N) is 2. The van der Waals surface area contributed by atoms with Crippen LogP contribution >= 0.6 is 0 Å². The predicted octanol–water partition coefficient (Wildman–Crippen LogP) is 1.16. The average molecular weight is 256 g/mol. The molecule has 0 amide bonds. The molecular formula is C14H28N2O2. The van der Waals surface area contributed by atoms with Gasteiger partial charge >= 0.3 is 0 Å². The molecule has 2 saturated heterocycles. The van der Waals surface area contributed by atoms with Gasteiger partial charge in [0.2, 0.25) is 0 Å². The molecule has 106 valence electrons. The van der Waals surface area contributed by atoms with Gasteiger partial charge in [-0.25, -0.2) is 0 Å². The van der Waals surface area contributed by atoms with Crippen molar-refractivity contribution >= 4 is 0 Å². The topological polar surface area (TPSA) is 42.5 Å². The first kappa shape index (κ1) is 14.3. The normalized spacial score (nSPS) is 37.0. The summed E-state index contributed by atoms with van der Waals surface area (Å²) in [6, 6.07) is 0.519. The maximum Gasteiger partial charge on any atom is 0.0645 e. The van der Waals surface area contributed by atoms with Crippen LogP contribution < -0.4 is 10.6 Å². The fourth-order valence-electron chi connectivity index (χ4n) is 2.81. The Morgan fingerprint density at radius 1 is 1.28 bits per heavy atom. The Bertz CT molecular complexity index is 242. The smallest absolute Gasteiger partial charge is 0.0645 e. The van der Waals surface area contributed by atoms with Crippen molar-refractivity contribution in [3.05, 3.63) is 0 Å². The van der Waals surface area contributed by atoms with Crippen LogP contribution in [0.3, 0.4) is 0 Å². The van der Waals surface area contributed by atoms with E-state index in [0.717, 1.165) is 39.5 Å². The maximum atomic E-state index is 5.61. The van der Waals surface area contributed by atoms with Gasteiger partial charge in [0.05, 0.1) is 19.8 Å². The highest BCUT2D eigenvalue weighted by Gasteiger charge is 2.32. The van der Waals surface area contributed by atoms with E-state index in [1.807, 2.05) is 0 Å². The molecule has 2 aliphatic heterocycles. The molecular weight excluding hydrogens is 228 g/mol. The molecule has 0 radical (unpaired) electrons. The Balaban J connectivity index is 1.74. The summed E-state index contributed by atoms with van der Waals surface area (Å²) >= 11 is 0. The summed E-state index contributed by atoms with van der Waals surface area (Å²) in [5.41, 5.74) is 0.163. The second-order valence-corrected chi connectivity index (χ2v) is 5.96. The Hall–Kier alpha value is -0.160. The lowest BCUT2D eigenvalue weighted by molar-refractivity contribution is 0.0263. The van der Waals surface area contributed by atoms with Crippen molar-refractivity contribution in [2.24, 2.45) is 5.92 Å². The Morgan fingerprint density at radius 2 is 2.17 bits per heavy atom. The zero-order chi connectivity index (χ0) is 12.8. The first-order valence-electron chi connectivity index (χ1n) is 7.37. The highest BCUT2D eigenvalue weighted by molar-refractivity contribution is 4.89. The monoisotopic (exact) mass is 256 g/mol. The van der Waals surface area contributed by atoms with Crippen molar-refractivity contribution in [3.63, 3.8) is 0 Å². The lowest BCUT2D eigenvalue weighted by atomic mass is 9.93. The van der Waals surface area contributed by atoms with E-state index in [9.17, 15) is 0 Å². The first-order valence-corrected chi connectivity index (χ1v) is 7.37. The molecule has 0 saturated carbocycles. The van der Waals surface area contributed by atoms with Crippen molar-refractivity contribution in [1.29, 1.82) is 0 Å². The van der Waals surface area contributed by atoms with E-state index in [4.69, 9.17) is 9.47 Å². The lowest BCUT2D eigenvalue weighted by Gasteiger charge is -2.36. The second kappa shape index (κ2) is 6.85. The van der Waals surface area contributed by atoms with Crippen LogP contribution in [0.15, 0.2) is 0 Å². The molecule has 0 spiro atoms. The van der Waals surface area contributed by atoms with Crippen molar-refractivity contribution < 1.29 is 9.47 Å². The van der Waals surface area contributed by atoms with E-state index in [-0.39, 0.29) is 5.54 Å². The minimum absolute atomic E-state index is 0.163. The molecule has 3 atom stereocenters. The largest absolute Gasteiger partial charge is 0.380 e. The number of ether oxygens (including phenoxy) is 2. The molecule has 2 fully saturated rings. The number of rotatable bonds is 6. The van der Waals surface area contributed by atoms with Crippen LogP contribution in [0.1, 0.15) is 33.1 Å². The average Bonchev–Trinajstić information content (AvgIpc) is 2.82. The molecule has 2 N–H and O–H groups in total. The SMILES string of the molecule is CCCNC1COCC1CNC1(C)CCCOC1. The summed E-state index contributed by atoms with van der Waals surface area (Å²) in [5, 5.41) is 7.29. The molecule has 0 aliphatic carbocycles. The van der Waals surface area contributed by atoms with E-state index in [1.54, 1.807) is 0 Å². The number of hydrogen-bond acceptors (Lipinski definition) is 4. The third-order valence-corrected chi connectivity index (χ3v) is 4.08. The standard InChI is InChI=1S/C14H28N2O2/c1-3-6-15-13-10-18-9-12(13)8-16-14(2)5-4-7-17-11-14/h12-13,15-16H,3-11H2,1-2H3. The molecule has 3 unspecified atom stereocenters. The van der Waals surface area contributed by atoms with Gasteiger partial charge in [-0.15, -0.1) is 0 Å². The van der Waals surface area contributed by atoms with Crippen LogP contribution in [0.4, 0.5) is 0 Å². The van der Waals surface area contributed by atoms with Crippen LogP contribution in [0.2, 0.25) is 0 Å². The van der Waals surface area contributed by atoms with Crippen LogP contribution in [0, 0.1) is 5.92 Å². The highest BCUT2D eigenvalue weighted by atomic mass is 16.5. The molecule has 4 nitrogen and oxygen atoms in total. The second-order valence-electron chi connectivity index (χ2n) is 5.96. The fourth-order valence-corrected chi connectivity index (χ4v) is 2.81. The summed E-state index contributed by atoms with van der Waals surface area (Å²) in [6.07, 6.45) is 3.57. The zero-order valence-electron chi connectivity index (χ0n) is 11.8. The van der Waals surface area contributed by atoms with Crippen LogP contribution in [-0.4, -0.2) is 51.1 Å². The van der Waals surface area contributed by atoms with Gasteiger partial charge in [-0.1, -0.05) is 6.92 Å². The molecule has 2 rings (SSSR count). The Kier molecular flexibility index (Phi) is 5.42. The van der Waals surface area contributed by atoms with Gasteiger partial charge in [0.1, 0.15) is 0 Å². The Labute approximate surface area is 111 Å². The van der Waals surface area contributed by atoms with Gasteiger partial charge in [0, 0.05) is 30.7 Å². The minimum atomic E-state index is 0.163. The summed E-state index contributed by atoms with van der Waals surface area (Å²) in [4.78, 5) is 0.